The molecule has 0 aliphatic carbocycles. The SMILES string of the molecule is Cc1ccccc1OCC(O)CN1C(N/N=C/c2cccc([N+](=O)[O-])c2)=NC2C1C(=O)N(C)C(=O)N2C. The molecule has 1 saturated heterocycles. The van der Waals surface area contributed by atoms with Crippen LogP contribution < -0.4 is 10.2 Å². The number of aliphatic imine (C=N–C) groups is 1. The molecule has 2 heterocycles. The van der Waals surface area contributed by atoms with E-state index in [4.69, 9.17) is 4.74 Å². The minimum atomic E-state index is -1.01. The summed E-state index contributed by atoms with van der Waals surface area (Å²) in [6.07, 6.45) is -0.459. The van der Waals surface area contributed by atoms with Gasteiger partial charge in [-0.1, -0.05) is 30.3 Å². The molecule has 0 bridgehead atoms. The van der Waals surface area contributed by atoms with Crippen LogP contribution in [-0.2, 0) is 4.79 Å². The first-order valence-corrected chi connectivity index (χ1v) is 11.5. The molecule has 2 aliphatic heterocycles. The van der Waals surface area contributed by atoms with Crippen molar-refractivity contribution in [3.8, 4) is 5.75 Å². The molecule has 2 aromatic carbocycles. The van der Waals surface area contributed by atoms with Crippen molar-refractivity contribution in [3.63, 3.8) is 0 Å². The molecule has 13 nitrogen and oxygen atoms in total. The number of para-hydroxylation sites is 1. The molecule has 13 heteroatoms. The summed E-state index contributed by atoms with van der Waals surface area (Å²) in [5.74, 6) is 0.325. The number of hydrazone groups is 1. The number of nitro benzene ring substituents is 1. The number of carbonyl (C=O) groups excluding carboxylic acids is 2. The number of nitrogens with zero attached hydrogens (tertiary/aromatic N) is 6. The molecule has 0 aromatic heterocycles. The fourth-order valence-electron chi connectivity index (χ4n) is 4.12. The number of imide groups is 1. The summed E-state index contributed by atoms with van der Waals surface area (Å²) >= 11 is 0. The van der Waals surface area contributed by atoms with Crippen molar-refractivity contribution in [1.29, 1.82) is 0 Å². The van der Waals surface area contributed by atoms with Gasteiger partial charge in [0.15, 0.2) is 12.2 Å². The molecule has 37 heavy (non-hydrogen) atoms. The fraction of sp³-hybridized carbons (Fsp3) is 0.333. The van der Waals surface area contributed by atoms with Gasteiger partial charge in [-0.15, -0.1) is 0 Å². The highest BCUT2D eigenvalue weighted by Crippen LogP contribution is 2.27. The highest BCUT2D eigenvalue weighted by atomic mass is 16.6. The Morgan fingerprint density at radius 2 is 2.00 bits per heavy atom. The van der Waals surface area contributed by atoms with Gasteiger partial charge in [0.25, 0.3) is 11.6 Å². The van der Waals surface area contributed by atoms with Gasteiger partial charge in [0.2, 0.25) is 5.96 Å². The molecule has 4 rings (SSSR count). The normalized spacial score (nSPS) is 20.2. The number of rotatable bonds is 8. The maximum absolute atomic E-state index is 13.0. The molecule has 3 atom stereocenters. The molecular weight excluding hydrogens is 482 g/mol. The molecule has 194 valence electrons. The van der Waals surface area contributed by atoms with Crippen LogP contribution in [0.2, 0.25) is 0 Å². The van der Waals surface area contributed by atoms with Crippen LogP contribution in [0.15, 0.2) is 58.6 Å². The first kappa shape index (κ1) is 25.6. The van der Waals surface area contributed by atoms with Gasteiger partial charge in [0.1, 0.15) is 18.5 Å². The summed E-state index contributed by atoms with van der Waals surface area (Å²) in [6, 6.07) is 11.9. The van der Waals surface area contributed by atoms with Gasteiger partial charge in [0.05, 0.1) is 17.7 Å². The number of β-amino-alcohol motifs (C(OH)–C–C–N with tert-alkyl or cyclic N) is 1. The second-order valence-corrected chi connectivity index (χ2v) is 8.71. The average molecular weight is 510 g/mol. The van der Waals surface area contributed by atoms with Crippen LogP contribution in [0.1, 0.15) is 11.1 Å². The monoisotopic (exact) mass is 509 g/mol. The second-order valence-electron chi connectivity index (χ2n) is 8.71. The summed E-state index contributed by atoms with van der Waals surface area (Å²) in [4.78, 5) is 44.4. The number of aliphatic hydroxyl groups excluding tert-OH is 1. The number of non-ortho nitro benzene ring substituents is 1. The number of urea groups is 1. The Hall–Kier alpha value is -4.52. The molecule has 1 fully saturated rings. The molecule has 0 radical (unpaired) electrons. The Balaban J connectivity index is 1.52. The van der Waals surface area contributed by atoms with Crippen molar-refractivity contribution in [2.24, 2.45) is 10.1 Å². The lowest BCUT2D eigenvalue weighted by Crippen LogP contribution is -2.65. The van der Waals surface area contributed by atoms with Gasteiger partial charge in [-0.05, 0) is 18.6 Å². The van der Waals surface area contributed by atoms with E-state index in [0.717, 1.165) is 10.5 Å². The van der Waals surface area contributed by atoms with E-state index in [0.29, 0.717) is 11.3 Å². The number of nitrogens with one attached hydrogen (secondary N) is 1. The van der Waals surface area contributed by atoms with Crippen LogP contribution in [-0.4, -0.2) is 94.4 Å². The van der Waals surface area contributed by atoms with Crippen molar-refractivity contribution in [1.82, 2.24) is 20.1 Å². The second kappa shape index (κ2) is 10.6. The minimum absolute atomic E-state index is 0.0349. The summed E-state index contributed by atoms with van der Waals surface area (Å²) in [5.41, 5.74) is 4.06. The maximum atomic E-state index is 13.0. The third-order valence-electron chi connectivity index (χ3n) is 6.11. The number of hydrogen-bond acceptors (Lipinski definition) is 10. The Morgan fingerprint density at radius 1 is 1.24 bits per heavy atom. The third-order valence-corrected chi connectivity index (χ3v) is 6.11. The van der Waals surface area contributed by atoms with Gasteiger partial charge in [-0.25, -0.2) is 15.2 Å². The van der Waals surface area contributed by atoms with E-state index < -0.39 is 35.2 Å². The lowest BCUT2D eigenvalue weighted by molar-refractivity contribution is -0.384. The summed E-state index contributed by atoms with van der Waals surface area (Å²) in [5, 5.41) is 25.9. The number of benzene rings is 2. The number of ether oxygens (including phenoxy) is 1. The molecule has 3 unspecified atom stereocenters. The number of aryl methyl sites for hydroxylation is 1. The number of amides is 3. The van der Waals surface area contributed by atoms with Crippen molar-refractivity contribution in [2.45, 2.75) is 25.2 Å². The predicted molar refractivity (Wildman–Crippen MR) is 134 cm³/mol. The third kappa shape index (κ3) is 5.35. The zero-order valence-electron chi connectivity index (χ0n) is 20.5. The largest absolute Gasteiger partial charge is 0.491 e. The van der Waals surface area contributed by atoms with Crippen molar-refractivity contribution in [2.75, 3.05) is 27.2 Å². The lowest BCUT2D eigenvalue weighted by Gasteiger charge is -2.40. The van der Waals surface area contributed by atoms with Crippen LogP contribution in [0.25, 0.3) is 0 Å². The first-order valence-electron chi connectivity index (χ1n) is 11.5. The quantitative estimate of drug-likeness (QED) is 0.305. The molecule has 2 aromatic rings. The molecule has 0 spiro atoms. The Morgan fingerprint density at radius 3 is 2.73 bits per heavy atom. The minimum Gasteiger partial charge on any atom is -0.491 e. The number of guanidine groups is 1. The van der Waals surface area contributed by atoms with Crippen LogP contribution in [0.5, 0.6) is 5.75 Å². The topological polar surface area (TPSA) is 153 Å². The Labute approximate surface area is 212 Å². The summed E-state index contributed by atoms with van der Waals surface area (Å²) in [7, 11) is 2.93. The van der Waals surface area contributed by atoms with Gasteiger partial charge >= 0.3 is 6.03 Å². The van der Waals surface area contributed by atoms with Crippen LogP contribution in [0.3, 0.4) is 0 Å². The molecule has 2 aliphatic rings. The van der Waals surface area contributed by atoms with Crippen LogP contribution >= 0.6 is 0 Å². The van der Waals surface area contributed by atoms with E-state index in [2.05, 4.69) is 15.5 Å². The molecule has 3 amide bonds. The zero-order chi connectivity index (χ0) is 26.7. The van der Waals surface area contributed by atoms with Crippen LogP contribution in [0.4, 0.5) is 10.5 Å². The number of hydrogen-bond donors (Lipinski definition) is 2. The number of likely N-dealkylation sites (N-methyl/N-ethyl adjacent to an activating group) is 2. The summed E-state index contributed by atoms with van der Waals surface area (Å²) < 4.78 is 5.75. The molecule has 0 saturated carbocycles. The van der Waals surface area contributed by atoms with Gasteiger partial charge < -0.3 is 19.6 Å². The number of aliphatic hydroxyl groups is 1. The zero-order valence-corrected chi connectivity index (χ0v) is 20.5. The van der Waals surface area contributed by atoms with Gasteiger partial charge in [0, 0.05) is 31.8 Å². The van der Waals surface area contributed by atoms with E-state index in [1.165, 1.54) is 43.4 Å². The Kier molecular flexibility index (Phi) is 7.34. The predicted octanol–water partition coefficient (Wildman–Crippen LogP) is 1.16. The number of fused-ring (bicyclic) bond motifs is 1. The lowest BCUT2D eigenvalue weighted by atomic mass is 10.1. The number of nitro groups is 1. The Bertz CT molecular complexity index is 1270. The average Bonchev–Trinajstić information content (AvgIpc) is 3.24. The summed E-state index contributed by atoms with van der Waals surface area (Å²) in [6.45, 7) is 1.82. The maximum Gasteiger partial charge on any atom is 0.328 e. The van der Waals surface area contributed by atoms with Crippen molar-refractivity contribution < 1.29 is 24.4 Å². The van der Waals surface area contributed by atoms with E-state index in [-0.39, 0.29) is 24.8 Å². The van der Waals surface area contributed by atoms with Crippen molar-refractivity contribution >= 4 is 29.8 Å². The molecule has 2 N–H and O–H groups in total. The van der Waals surface area contributed by atoms with Gasteiger partial charge in [-0.3, -0.25) is 19.8 Å². The highest BCUT2D eigenvalue weighted by Gasteiger charge is 2.51. The van der Waals surface area contributed by atoms with Crippen molar-refractivity contribution in [3.05, 3.63) is 69.8 Å². The number of carbonyl (C=O) groups is 2. The standard InChI is InChI=1S/C24H27N7O6/c1-15-7-4-5-10-19(15)37-14-18(32)13-30-20-21(28(2)24(34)29(3)22(20)33)26-23(30)27-25-12-16-8-6-9-17(11-16)31(35)36/h4-12,18,20-21,32H,13-14H2,1-3H3,(H,26,27)/b25-12+. The van der Waals surface area contributed by atoms with E-state index in [9.17, 15) is 24.8 Å². The first-order chi connectivity index (χ1) is 17.7. The van der Waals surface area contributed by atoms with E-state index in [1.807, 2.05) is 25.1 Å². The van der Waals surface area contributed by atoms with Gasteiger partial charge in [-0.2, -0.15) is 5.10 Å². The van der Waals surface area contributed by atoms with E-state index in [1.54, 1.807) is 17.0 Å². The smallest absolute Gasteiger partial charge is 0.328 e. The fourth-order valence-corrected chi connectivity index (χ4v) is 4.12. The van der Waals surface area contributed by atoms with E-state index >= 15 is 0 Å². The molecular formula is C24H27N7O6. The van der Waals surface area contributed by atoms with Crippen LogP contribution in [0, 0.1) is 17.0 Å². The highest BCUT2D eigenvalue weighted by molar-refractivity contribution is 6.03.